The Hall–Kier alpha value is -2.23. The topological polar surface area (TPSA) is 65.1 Å². The van der Waals surface area contributed by atoms with Gasteiger partial charge in [-0.2, -0.15) is 0 Å². The molecule has 0 aliphatic carbocycles. The third-order valence-corrected chi connectivity index (χ3v) is 2.38. The molecule has 2 aromatic rings. The van der Waals surface area contributed by atoms with E-state index >= 15 is 0 Å². The van der Waals surface area contributed by atoms with Crippen LogP contribution in [0.1, 0.15) is 10.5 Å². The lowest BCUT2D eigenvalue weighted by atomic mass is 10.1. The molecule has 0 aliphatic rings. The fourth-order valence-corrected chi connectivity index (χ4v) is 1.53. The number of anilines is 1. The van der Waals surface area contributed by atoms with E-state index in [0.717, 1.165) is 16.9 Å². The number of carboxylic acid groups (broad SMARTS) is 1. The van der Waals surface area contributed by atoms with E-state index in [-0.39, 0.29) is 5.69 Å². The Labute approximate surface area is 92.9 Å². The van der Waals surface area contributed by atoms with Gasteiger partial charge in [-0.05, 0) is 29.8 Å². The Morgan fingerprint density at radius 2 is 2.12 bits per heavy atom. The minimum absolute atomic E-state index is 0.199. The molecule has 0 amide bonds. The van der Waals surface area contributed by atoms with Gasteiger partial charge in [0.1, 0.15) is 5.69 Å². The lowest BCUT2D eigenvalue weighted by Crippen LogP contribution is -1.95. The zero-order chi connectivity index (χ0) is 11.5. The summed E-state index contributed by atoms with van der Waals surface area (Å²) in [6.45, 7) is 0. The van der Waals surface area contributed by atoms with Crippen molar-refractivity contribution in [3.8, 4) is 11.3 Å². The van der Waals surface area contributed by atoms with Crippen LogP contribution in [0.3, 0.4) is 0 Å². The second kappa shape index (κ2) is 4.10. The molecule has 0 radical (unpaired) electrons. The molecular formula is C12H12N2O2. The maximum absolute atomic E-state index is 10.7. The van der Waals surface area contributed by atoms with Crippen LogP contribution in [0, 0.1) is 0 Å². The predicted molar refractivity (Wildman–Crippen MR) is 62.7 cm³/mol. The van der Waals surface area contributed by atoms with E-state index in [1.165, 1.54) is 0 Å². The molecule has 1 aromatic carbocycles. The van der Waals surface area contributed by atoms with Gasteiger partial charge < -0.3 is 15.4 Å². The van der Waals surface area contributed by atoms with Crippen molar-refractivity contribution in [3.05, 3.63) is 42.1 Å². The Morgan fingerprint density at radius 1 is 1.31 bits per heavy atom. The fraction of sp³-hybridized carbons (Fsp3) is 0.0833. The Kier molecular flexibility index (Phi) is 2.64. The van der Waals surface area contributed by atoms with Gasteiger partial charge in [0, 0.05) is 18.4 Å². The molecule has 0 saturated heterocycles. The maximum atomic E-state index is 10.7. The summed E-state index contributed by atoms with van der Waals surface area (Å²) in [5, 5.41) is 11.8. The molecule has 0 fully saturated rings. The molecule has 0 bridgehead atoms. The lowest BCUT2D eigenvalue weighted by molar-refractivity contribution is 0.0691. The van der Waals surface area contributed by atoms with Gasteiger partial charge in [-0.25, -0.2) is 4.79 Å². The largest absolute Gasteiger partial charge is 0.477 e. The van der Waals surface area contributed by atoms with Gasteiger partial charge in [-0.3, -0.25) is 0 Å². The third-order valence-electron chi connectivity index (χ3n) is 2.38. The number of H-pyrrole nitrogens is 1. The molecular weight excluding hydrogens is 204 g/mol. The average molecular weight is 216 g/mol. The smallest absolute Gasteiger partial charge is 0.352 e. The summed E-state index contributed by atoms with van der Waals surface area (Å²) in [5.41, 5.74) is 2.95. The summed E-state index contributed by atoms with van der Waals surface area (Å²) >= 11 is 0. The second-order valence-corrected chi connectivity index (χ2v) is 3.42. The summed E-state index contributed by atoms with van der Waals surface area (Å²) in [4.78, 5) is 13.6. The summed E-state index contributed by atoms with van der Waals surface area (Å²) in [7, 11) is 1.84. The van der Waals surface area contributed by atoms with Gasteiger partial charge in [0.25, 0.3) is 0 Å². The minimum atomic E-state index is -0.948. The number of aromatic nitrogens is 1. The highest BCUT2D eigenvalue weighted by Gasteiger charge is 2.07. The first kappa shape index (κ1) is 10.3. The number of carboxylic acids is 1. The highest BCUT2D eigenvalue weighted by atomic mass is 16.4. The molecule has 0 saturated carbocycles. The Morgan fingerprint density at radius 3 is 2.75 bits per heavy atom. The molecule has 4 nitrogen and oxygen atoms in total. The molecule has 3 N–H and O–H groups in total. The maximum Gasteiger partial charge on any atom is 0.352 e. The zero-order valence-electron chi connectivity index (χ0n) is 8.82. The van der Waals surface area contributed by atoms with Crippen LogP contribution >= 0.6 is 0 Å². The van der Waals surface area contributed by atoms with Gasteiger partial charge in [-0.15, -0.1) is 0 Å². The van der Waals surface area contributed by atoms with Crippen molar-refractivity contribution in [2.24, 2.45) is 0 Å². The predicted octanol–water partition coefficient (Wildman–Crippen LogP) is 2.42. The van der Waals surface area contributed by atoms with E-state index in [9.17, 15) is 4.79 Å². The lowest BCUT2D eigenvalue weighted by Gasteiger charge is -2.02. The number of hydrogen-bond donors (Lipinski definition) is 3. The molecule has 0 unspecified atom stereocenters. The first-order valence-electron chi connectivity index (χ1n) is 4.91. The molecule has 0 spiro atoms. The van der Waals surface area contributed by atoms with Crippen LogP contribution in [0.4, 0.5) is 5.69 Å². The van der Waals surface area contributed by atoms with Crippen LogP contribution in [0.25, 0.3) is 11.3 Å². The molecule has 4 heteroatoms. The van der Waals surface area contributed by atoms with Crippen molar-refractivity contribution < 1.29 is 9.90 Å². The number of hydrogen-bond acceptors (Lipinski definition) is 2. The molecule has 1 aromatic heterocycles. The number of aromatic amines is 1. The molecule has 1 heterocycles. The zero-order valence-corrected chi connectivity index (χ0v) is 8.82. The summed E-state index contributed by atoms with van der Waals surface area (Å²) < 4.78 is 0. The first-order valence-corrected chi connectivity index (χ1v) is 4.91. The summed E-state index contributed by atoms with van der Waals surface area (Å²) in [6.07, 6.45) is 0. The highest BCUT2D eigenvalue weighted by Crippen LogP contribution is 2.21. The van der Waals surface area contributed by atoms with Crippen molar-refractivity contribution in [1.82, 2.24) is 4.98 Å². The van der Waals surface area contributed by atoms with Gasteiger partial charge in [0.15, 0.2) is 0 Å². The molecule has 0 aliphatic heterocycles. The van der Waals surface area contributed by atoms with E-state index < -0.39 is 5.97 Å². The van der Waals surface area contributed by atoms with Crippen molar-refractivity contribution in [2.45, 2.75) is 0 Å². The van der Waals surface area contributed by atoms with Gasteiger partial charge in [0.05, 0.1) is 0 Å². The van der Waals surface area contributed by atoms with E-state index in [2.05, 4.69) is 10.3 Å². The minimum Gasteiger partial charge on any atom is -0.477 e. The molecule has 2 rings (SSSR count). The van der Waals surface area contributed by atoms with Crippen LogP contribution in [-0.2, 0) is 0 Å². The number of carbonyl (C=O) groups is 1. The van der Waals surface area contributed by atoms with E-state index in [1.807, 2.05) is 31.3 Å². The van der Waals surface area contributed by atoms with E-state index in [1.54, 1.807) is 12.1 Å². The van der Waals surface area contributed by atoms with Crippen LogP contribution in [0.2, 0.25) is 0 Å². The van der Waals surface area contributed by atoms with Crippen molar-refractivity contribution in [1.29, 1.82) is 0 Å². The first-order chi connectivity index (χ1) is 7.70. The standard InChI is InChI=1S/C12H12N2O2/c1-13-9-4-2-3-8(7-9)10-5-6-11(14-10)12(15)16/h2-7,13-14H,1H3,(H,15,16). The summed E-state index contributed by atoms with van der Waals surface area (Å²) in [6, 6.07) is 11.1. The van der Waals surface area contributed by atoms with Crippen molar-refractivity contribution in [2.75, 3.05) is 12.4 Å². The van der Waals surface area contributed by atoms with Crippen LogP contribution in [-0.4, -0.2) is 23.1 Å². The highest BCUT2D eigenvalue weighted by molar-refractivity contribution is 5.87. The number of aromatic carboxylic acids is 1. The third kappa shape index (κ3) is 1.91. The molecule has 82 valence electrons. The Balaban J connectivity index is 2.38. The normalized spacial score (nSPS) is 10.1. The van der Waals surface area contributed by atoms with Gasteiger partial charge >= 0.3 is 5.97 Å². The number of benzene rings is 1. The van der Waals surface area contributed by atoms with Crippen LogP contribution in [0.15, 0.2) is 36.4 Å². The van der Waals surface area contributed by atoms with E-state index in [0.29, 0.717) is 0 Å². The van der Waals surface area contributed by atoms with E-state index in [4.69, 9.17) is 5.11 Å². The average Bonchev–Trinajstić information content (AvgIpc) is 2.78. The fourth-order valence-electron chi connectivity index (χ4n) is 1.53. The van der Waals surface area contributed by atoms with Gasteiger partial charge in [-0.1, -0.05) is 12.1 Å². The number of rotatable bonds is 3. The monoisotopic (exact) mass is 216 g/mol. The van der Waals surface area contributed by atoms with Crippen molar-refractivity contribution in [3.63, 3.8) is 0 Å². The quantitative estimate of drug-likeness (QED) is 0.738. The summed E-state index contributed by atoms with van der Waals surface area (Å²) in [5.74, 6) is -0.948. The SMILES string of the molecule is CNc1cccc(-c2ccc(C(=O)O)[nH]2)c1. The second-order valence-electron chi connectivity index (χ2n) is 3.42. The van der Waals surface area contributed by atoms with Crippen molar-refractivity contribution >= 4 is 11.7 Å². The molecule has 0 atom stereocenters. The van der Waals surface area contributed by atoms with Crippen LogP contribution < -0.4 is 5.32 Å². The van der Waals surface area contributed by atoms with Gasteiger partial charge in [0.2, 0.25) is 0 Å². The van der Waals surface area contributed by atoms with Crippen LogP contribution in [0.5, 0.6) is 0 Å². The molecule has 16 heavy (non-hydrogen) atoms. The Bertz CT molecular complexity index is 517. The number of nitrogens with one attached hydrogen (secondary N) is 2.